The van der Waals surface area contributed by atoms with Gasteiger partial charge < -0.3 is 24.4 Å². The number of ether oxygens (including phenoxy) is 3. The van der Waals surface area contributed by atoms with E-state index in [9.17, 15) is 10.2 Å². The smallest absolute Gasteiger partial charge is 0.205 e. The quantitative estimate of drug-likeness (QED) is 0.807. The summed E-state index contributed by atoms with van der Waals surface area (Å²) in [7, 11) is 4.53. The molecule has 0 amide bonds. The molecular formula is C14H21ClO5. The van der Waals surface area contributed by atoms with Gasteiger partial charge in [0.1, 0.15) is 0 Å². The zero-order chi connectivity index (χ0) is 15.3. The van der Waals surface area contributed by atoms with Crippen LogP contribution in [0, 0.1) is 0 Å². The van der Waals surface area contributed by atoms with E-state index in [1.807, 2.05) is 0 Å². The highest BCUT2D eigenvalue weighted by molar-refractivity contribution is 6.32. The van der Waals surface area contributed by atoms with Gasteiger partial charge in [0, 0.05) is 0 Å². The molecule has 114 valence electrons. The van der Waals surface area contributed by atoms with Gasteiger partial charge >= 0.3 is 0 Å². The molecule has 2 unspecified atom stereocenters. The standard InChI is InChI=1S/C14H21ClO5/c1-8(16)11(17)6-5-9-7-10(15)13(19-3)14(20-4)12(9)18-2/h7-8,11,16-17H,5-6H2,1-4H3. The van der Waals surface area contributed by atoms with Crippen LogP contribution in [0.1, 0.15) is 18.9 Å². The van der Waals surface area contributed by atoms with E-state index in [0.717, 1.165) is 5.56 Å². The first-order chi connectivity index (χ1) is 9.46. The molecule has 6 heteroatoms. The zero-order valence-corrected chi connectivity index (χ0v) is 12.9. The van der Waals surface area contributed by atoms with Crippen molar-refractivity contribution in [3.8, 4) is 17.2 Å². The highest BCUT2D eigenvalue weighted by Crippen LogP contribution is 2.45. The molecule has 0 aliphatic heterocycles. The monoisotopic (exact) mass is 304 g/mol. The van der Waals surface area contributed by atoms with Crippen LogP contribution in [-0.4, -0.2) is 43.8 Å². The molecule has 0 aliphatic carbocycles. The number of hydrogen-bond donors (Lipinski definition) is 2. The molecule has 0 aliphatic rings. The predicted octanol–water partition coefficient (Wildman–Crippen LogP) is 2.04. The fourth-order valence-corrected chi connectivity index (χ4v) is 2.27. The summed E-state index contributed by atoms with van der Waals surface area (Å²) in [6.07, 6.45) is -0.696. The summed E-state index contributed by atoms with van der Waals surface area (Å²) >= 11 is 6.15. The van der Waals surface area contributed by atoms with Gasteiger partial charge in [0.05, 0.1) is 38.6 Å². The van der Waals surface area contributed by atoms with Gasteiger partial charge in [-0.3, -0.25) is 0 Å². The Morgan fingerprint density at radius 2 is 1.60 bits per heavy atom. The summed E-state index contributed by atoms with van der Waals surface area (Å²) in [5, 5.41) is 19.4. The summed E-state index contributed by atoms with van der Waals surface area (Å²) in [6, 6.07) is 1.72. The van der Waals surface area contributed by atoms with Crippen molar-refractivity contribution in [2.75, 3.05) is 21.3 Å². The minimum Gasteiger partial charge on any atom is -0.492 e. The van der Waals surface area contributed by atoms with E-state index in [4.69, 9.17) is 25.8 Å². The topological polar surface area (TPSA) is 68.2 Å². The second-order valence-corrected chi connectivity index (χ2v) is 4.87. The van der Waals surface area contributed by atoms with Crippen molar-refractivity contribution in [1.82, 2.24) is 0 Å². The molecule has 0 aromatic heterocycles. The number of rotatable bonds is 7. The highest BCUT2D eigenvalue weighted by Gasteiger charge is 2.21. The summed E-state index contributed by atoms with van der Waals surface area (Å²) < 4.78 is 15.8. The van der Waals surface area contributed by atoms with Crippen molar-refractivity contribution < 1.29 is 24.4 Å². The molecule has 0 saturated carbocycles. The van der Waals surface area contributed by atoms with Gasteiger partial charge in [-0.15, -0.1) is 0 Å². The Labute approximate surface area is 124 Å². The van der Waals surface area contributed by atoms with Gasteiger partial charge in [-0.2, -0.15) is 0 Å². The third-order valence-corrected chi connectivity index (χ3v) is 3.38. The molecule has 2 atom stereocenters. The Morgan fingerprint density at radius 3 is 2.05 bits per heavy atom. The van der Waals surface area contributed by atoms with Crippen molar-refractivity contribution in [2.24, 2.45) is 0 Å². The Morgan fingerprint density at radius 1 is 1.05 bits per heavy atom. The predicted molar refractivity (Wildman–Crippen MR) is 77.1 cm³/mol. The molecule has 0 fully saturated rings. The van der Waals surface area contributed by atoms with Crippen LogP contribution in [0.4, 0.5) is 0 Å². The SMILES string of the molecule is COc1c(Cl)cc(CCC(O)C(C)O)c(OC)c1OC. The molecule has 2 N–H and O–H groups in total. The molecule has 1 aromatic carbocycles. The molecule has 20 heavy (non-hydrogen) atoms. The Hall–Kier alpha value is -1.17. The summed E-state index contributed by atoms with van der Waals surface area (Å²) in [6.45, 7) is 1.55. The van der Waals surface area contributed by atoms with Crippen LogP contribution in [-0.2, 0) is 6.42 Å². The second-order valence-electron chi connectivity index (χ2n) is 4.46. The van der Waals surface area contributed by atoms with E-state index < -0.39 is 12.2 Å². The van der Waals surface area contributed by atoms with Gasteiger partial charge in [0.2, 0.25) is 5.75 Å². The summed E-state index contributed by atoms with van der Waals surface area (Å²) in [4.78, 5) is 0. The molecule has 5 nitrogen and oxygen atoms in total. The van der Waals surface area contributed by atoms with Crippen molar-refractivity contribution in [3.63, 3.8) is 0 Å². The second kappa shape index (κ2) is 7.57. The average molecular weight is 305 g/mol. The fraction of sp³-hybridized carbons (Fsp3) is 0.571. The molecule has 0 heterocycles. The van der Waals surface area contributed by atoms with E-state index in [1.54, 1.807) is 13.0 Å². The number of halogens is 1. The molecule has 1 aromatic rings. The number of hydrogen-bond acceptors (Lipinski definition) is 5. The molecule has 1 rings (SSSR count). The number of aliphatic hydroxyl groups excluding tert-OH is 2. The van der Waals surface area contributed by atoms with Crippen molar-refractivity contribution in [1.29, 1.82) is 0 Å². The van der Waals surface area contributed by atoms with Gasteiger partial charge in [-0.25, -0.2) is 0 Å². The van der Waals surface area contributed by atoms with Gasteiger partial charge in [0.25, 0.3) is 0 Å². The number of methoxy groups -OCH3 is 3. The lowest BCUT2D eigenvalue weighted by Crippen LogP contribution is -2.22. The normalized spacial score (nSPS) is 13.8. The Bertz CT molecular complexity index is 448. The third-order valence-electron chi connectivity index (χ3n) is 3.10. The molecule has 0 saturated heterocycles. The zero-order valence-electron chi connectivity index (χ0n) is 12.1. The average Bonchev–Trinajstić information content (AvgIpc) is 2.43. The minimum absolute atomic E-state index is 0.389. The third kappa shape index (κ3) is 3.69. The van der Waals surface area contributed by atoms with Crippen LogP contribution in [0.2, 0.25) is 5.02 Å². The van der Waals surface area contributed by atoms with Crippen LogP contribution in [0.5, 0.6) is 17.2 Å². The van der Waals surface area contributed by atoms with Gasteiger partial charge in [-0.05, 0) is 31.4 Å². The van der Waals surface area contributed by atoms with Crippen LogP contribution in [0.15, 0.2) is 6.07 Å². The van der Waals surface area contributed by atoms with E-state index in [2.05, 4.69) is 0 Å². The first kappa shape index (κ1) is 16.9. The van der Waals surface area contributed by atoms with Crippen molar-refractivity contribution in [2.45, 2.75) is 32.0 Å². The first-order valence-corrected chi connectivity index (χ1v) is 6.67. The lowest BCUT2D eigenvalue weighted by atomic mass is 10.0. The molecular weight excluding hydrogens is 284 g/mol. The molecule has 0 spiro atoms. The van der Waals surface area contributed by atoms with Crippen LogP contribution < -0.4 is 14.2 Å². The van der Waals surface area contributed by atoms with Crippen LogP contribution in [0.25, 0.3) is 0 Å². The van der Waals surface area contributed by atoms with Crippen LogP contribution in [0.3, 0.4) is 0 Å². The van der Waals surface area contributed by atoms with Crippen LogP contribution >= 0.6 is 11.6 Å². The number of aryl methyl sites for hydroxylation is 1. The van der Waals surface area contributed by atoms with Crippen molar-refractivity contribution in [3.05, 3.63) is 16.7 Å². The minimum atomic E-state index is -0.799. The fourth-order valence-electron chi connectivity index (χ4n) is 1.97. The largest absolute Gasteiger partial charge is 0.492 e. The van der Waals surface area contributed by atoms with Gasteiger partial charge in [-0.1, -0.05) is 11.6 Å². The van der Waals surface area contributed by atoms with Crippen molar-refractivity contribution >= 4 is 11.6 Å². The van der Waals surface area contributed by atoms with E-state index in [1.165, 1.54) is 21.3 Å². The number of aliphatic hydroxyl groups is 2. The summed E-state index contributed by atoms with van der Waals surface area (Å²) in [5.74, 6) is 1.35. The lowest BCUT2D eigenvalue weighted by Gasteiger charge is -2.18. The maximum atomic E-state index is 9.67. The van der Waals surface area contributed by atoms with E-state index >= 15 is 0 Å². The van der Waals surface area contributed by atoms with E-state index in [-0.39, 0.29) is 0 Å². The van der Waals surface area contributed by atoms with Gasteiger partial charge in [0.15, 0.2) is 11.5 Å². The Kier molecular flexibility index (Phi) is 6.39. The number of benzene rings is 1. The molecule has 0 bridgehead atoms. The summed E-state index contributed by atoms with van der Waals surface area (Å²) in [5.41, 5.74) is 0.787. The highest BCUT2D eigenvalue weighted by atomic mass is 35.5. The van der Waals surface area contributed by atoms with E-state index in [0.29, 0.717) is 35.1 Å². The maximum absolute atomic E-state index is 9.67. The lowest BCUT2D eigenvalue weighted by molar-refractivity contribution is 0.0264. The Balaban J connectivity index is 3.10. The first-order valence-electron chi connectivity index (χ1n) is 6.29. The molecule has 0 radical (unpaired) electrons. The maximum Gasteiger partial charge on any atom is 0.205 e.